The fourth-order valence-corrected chi connectivity index (χ4v) is 4.14. The van der Waals surface area contributed by atoms with Crippen molar-refractivity contribution in [1.82, 2.24) is 19.5 Å². The molecule has 0 bridgehead atoms. The maximum atomic E-state index is 12.8. The van der Waals surface area contributed by atoms with Gasteiger partial charge in [-0.15, -0.1) is 0 Å². The zero-order valence-corrected chi connectivity index (χ0v) is 14.9. The molecule has 5 rings (SSSR count). The lowest BCUT2D eigenvalue weighted by atomic mass is 9.74. The average Bonchev–Trinajstić information content (AvgIpc) is 3.03. The Labute approximate surface area is 151 Å². The first kappa shape index (κ1) is 15.4. The smallest absolute Gasteiger partial charge is 0.274 e. The molecule has 2 aromatic heterocycles. The van der Waals surface area contributed by atoms with Crippen molar-refractivity contribution in [2.75, 3.05) is 19.7 Å². The van der Waals surface area contributed by atoms with Crippen LogP contribution in [0.4, 0.5) is 0 Å². The first-order valence-electron chi connectivity index (χ1n) is 8.87. The van der Waals surface area contributed by atoms with Crippen LogP contribution in [0.5, 0.6) is 5.75 Å². The molecule has 1 spiro atoms. The molecule has 0 saturated carbocycles. The van der Waals surface area contributed by atoms with Gasteiger partial charge >= 0.3 is 0 Å². The van der Waals surface area contributed by atoms with E-state index in [0.29, 0.717) is 25.4 Å². The van der Waals surface area contributed by atoms with Gasteiger partial charge in [-0.05, 0) is 38.0 Å². The lowest BCUT2D eigenvalue weighted by Gasteiger charge is -2.51. The Balaban J connectivity index is 1.35. The second-order valence-corrected chi connectivity index (χ2v) is 7.57. The standard InChI is InChI=1S/C20H20N4O2/c1-13-7-14(2)24-18(21-13)8-16(22-24)19(25)23-10-20(11-23)9-15-5-3-4-6-17(15)26-12-20/h3-8H,9-12H2,1-2H3. The first-order valence-corrected chi connectivity index (χ1v) is 8.87. The van der Waals surface area contributed by atoms with E-state index >= 15 is 0 Å². The number of hydrogen-bond donors (Lipinski definition) is 0. The quantitative estimate of drug-likeness (QED) is 0.678. The van der Waals surface area contributed by atoms with E-state index in [1.807, 2.05) is 43.0 Å². The van der Waals surface area contributed by atoms with Crippen LogP contribution in [0.1, 0.15) is 27.4 Å². The molecule has 1 aromatic carbocycles. The van der Waals surface area contributed by atoms with Crippen molar-refractivity contribution in [2.45, 2.75) is 20.3 Å². The number of fused-ring (bicyclic) bond motifs is 2. The fourth-order valence-electron chi connectivity index (χ4n) is 4.14. The van der Waals surface area contributed by atoms with E-state index in [1.165, 1.54) is 5.56 Å². The molecule has 6 nitrogen and oxygen atoms in total. The maximum Gasteiger partial charge on any atom is 0.274 e. The highest BCUT2D eigenvalue weighted by atomic mass is 16.5. The molecule has 0 radical (unpaired) electrons. The molecule has 0 N–H and O–H groups in total. The second kappa shape index (κ2) is 5.30. The van der Waals surface area contributed by atoms with E-state index in [-0.39, 0.29) is 11.3 Å². The van der Waals surface area contributed by atoms with Crippen molar-refractivity contribution in [3.05, 3.63) is 59.0 Å². The predicted octanol–water partition coefficient (Wildman–Crippen LogP) is 2.42. The fraction of sp³-hybridized carbons (Fsp3) is 0.350. The number of aryl methyl sites for hydroxylation is 2. The van der Waals surface area contributed by atoms with Gasteiger partial charge in [0.1, 0.15) is 5.75 Å². The summed E-state index contributed by atoms with van der Waals surface area (Å²) in [6.07, 6.45) is 0.956. The SMILES string of the molecule is Cc1cc(C)n2nc(C(=O)N3CC4(COc5ccccc5C4)C3)cc2n1. The molecule has 132 valence electrons. The van der Waals surface area contributed by atoms with Gasteiger partial charge in [0.05, 0.1) is 6.61 Å². The van der Waals surface area contributed by atoms with E-state index in [9.17, 15) is 4.79 Å². The maximum absolute atomic E-state index is 12.8. The van der Waals surface area contributed by atoms with Crippen molar-refractivity contribution in [2.24, 2.45) is 5.41 Å². The van der Waals surface area contributed by atoms with Crippen molar-refractivity contribution in [3.8, 4) is 5.75 Å². The predicted molar refractivity (Wildman–Crippen MR) is 96.4 cm³/mol. The minimum Gasteiger partial charge on any atom is -0.493 e. The molecule has 0 atom stereocenters. The lowest BCUT2D eigenvalue weighted by Crippen LogP contribution is -2.62. The minimum absolute atomic E-state index is 0.0305. The molecule has 1 saturated heterocycles. The molecular formula is C20H20N4O2. The Kier molecular flexibility index (Phi) is 3.13. The number of carbonyl (C=O) groups excluding carboxylic acids is 1. The van der Waals surface area contributed by atoms with E-state index in [4.69, 9.17) is 4.74 Å². The molecule has 2 aliphatic rings. The molecule has 2 aliphatic heterocycles. The number of likely N-dealkylation sites (tertiary alicyclic amines) is 1. The Morgan fingerprint density at radius 3 is 2.85 bits per heavy atom. The highest BCUT2D eigenvalue weighted by Gasteiger charge is 2.48. The Morgan fingerprint density at radius 1 is 1.19 bits per heavy atom. The van der Waals surface area contributed by atoms with Gasteiger partial charge in [0, 0.05) is 36.0 Å². The van der Waals surface area contributed by atoms with Gasteiger partial charge in [-0.2, -0.15) is 5.10 Å². The van der Waals surface area contributed by atoms with Gasteiger partial charge in [-0.25, -0.2) is 9.50 Å². The molecule has 26 heavy (non-hydrogen) atoms. The summed E-state index contributed by atoms with van der Waals surface area (Å²) in [5, 5.41) is 4.46. The van der Waals surface area contributed by atoms with Crippen LogP contribution in [0.3, 0.4) is 0 Å². The summed E-state index contributed by atoms with van der Waals surface area (Å²) in [6, 6.07) is 11.9. The van der Waals surface area contributed by atoms with Crippen LogP contribution in [0, 0.1) is 19.3 Å². The topological polar surface area (TPSA) is 59.7 Å². The Bertz CT molecular complexity index is 1030. The number of carbonyl (C=O) groups is 1. The van der Waals surface area contributed by atoms with Crippen LogP contribution in [0.2, 0.25) is 0 Å². The van der Waals surface area contributed by atoms with E-state index < -0.39 is 0 Å². The molecule has 1 amide bonds. The number of nitrogens with zero attached hydrogens (tertiary/aromatic N) is 4. The number of amides is 1. The molecule has 0 aliphatic carbocycles. The number of hydrogen-bond acceptors (Lipinski definition) is 4. The van der Waals surface area contributed by atoms with E-state index in [0.717, 1.165) is 29.2 Å². The van der Waals surface area contributed by atoms with Crippen LogP contribution in [0.15, 0.2) is 36.4 Å². The molecule has 4 heterocycles. The number of ether oxygens (including phenoxy) is 1. The molecule has 6 heteroatoms. The molecule has 0 unspecified atom stereocenters. The summed E-state index contributed by atoms with van der Waals surface area (Å²) in [5.74, 6) is 0.942. The summed E-state index contributed by atoms with van der Waals surface area (Å²) < 4.78 is 7.66. The van der Waals surface area contributed by atoms with E-state index in [1.54, 1.807) is 10.6 Å². The highest BCUT2D eigenvalue weighted by molar-refractivity contribution is 5.94. The normalized spacial score (nSPS) is 17.7. The van der Waals surface area contributed by atoms with Gasteiger partial charge in [-0.1, -0.05) is 18.2 Å². The monoisotopic (exact) mass is 348 g/mol. The Morgan fingerprint density at radius 2 is 2.00 bits per heavy atom. The molecular weight excluding hydrogens is 328 g/mol. The van der Waals surface area contributed by atoms with Gasteiger partial charge in [0.15, 0.2) is 11.3 Å². The summed E-state index contributed by atoms with van der Waals surface area (Å²) in [5.41, 5.74) is 4.34. The highest BCUT2D eigenvalue weighted by Crippen LogP contribution is 2.41. The average molecular weight is 348 g/mol. The number of rotatable bonds is 1. The first-order chi connectivity index (χ1) is 12.5. The zero-order valence-electron chi connectivity index (χ0n) is 14.9. The molecule has 1 fully saturated rings. The number of benzene rings is 1. The minimum atomic E-state index is -0.0305. The third-order valence-corrected chi connectivity index (χ3v) is 5.36. The third-order valence-electron chi connectivity index (χ3n) is 5.36. The van der Waals surface area contributed by atoms with Crippen LogP contribution < -0.4 is 4.74 Å². The molecule has 3 aromatic rings. The van der Waals surface area contributed by atoms with Gasteiger partial charge < -0.3 is 9.64 Å². The van der Waals surface area contributed by atoms with Crippen molar-refractivity contribution in [3.63, 3.8) is 0 Å². The van der Waals surface area contributed by atoms with Crippen LogP contribution in [0.25, 0.3) is 5.65 Å². The summed E-state index contributed by atoms with van der Waals surface area (Å²) in [6.45, 7) is 6.00. The van der Waals surface area contributed by atoms with Gasteiger partial charge in [-0.3, -0.25) is 4.79 Å². The largest absolute Gasteiger partial charge is 0.493 e. The Hall–Kier alpha value is -2.89. The van der Waals surface area contributed by atoms with Crippen molar-refractivity contribution < 1.29 is 9.53 Å². The van der Waals surface area contributed by atoms with Crippen LogP contribution >= 0.6 is 0 Å². The van der Waals surface area contributed by atoms with Crippen LogP contribution in [-0.2, 0) is 6.42 Å². The lowest BCUT2D eigenvalue weighted by molar-refractivity contribution is -0.0293. The number of para-hydroxylation sites is 1. The summed E-state index contributed by atoms with van der Waals surface area (Å²) >= 11 is 0. The second-order valence-electron chi connectivity index (χ2n) is 7.57. The van der Waals surface area contributed by atoms with Gasteiger partial charge in [0.2, 0.25) is 0 Å². The van der Waals surface area contributed by atoms with Crippen molar-refractivity contribution in [1.29, 1.82) is 0 Å². The van der Waals surface area contributed by atoms with Crippen LogP contribution in [-0.4, -0.2) is 45.1 Å². The number of aromatic nitrogens is 3. The van der Waals surface area contributed by atoms with Gasteiger partial charge in [0.25, 0.3) is 5.91 Å². The summed E-state index contributed by atoms with van der Waals surface area (Å²) in [4.78, 5) is 19.2. The zero-order chi connectivity index (χ0) is 17.9. The van der Waals surface area contributed by atoms with Crippen molar-refractivity contribution >= 4 is 11.6 Å². The summed E-state index contributed by atoms with van der Waals surface area (Å²) in [7, 11) is 0. The van der Waals surface area contributed by atoms with E-state index in [2.05, 4.69) is 16.1 Å². The third kappa shape index (κ3) is 2.29.